The summed E-state index contributed by atoms with van der Waals surface area (Å²) in [6, 6.07) is 0. The Morgan fingerprint density at radius 3 is 2.32 bits per heavy atom. The average Bonchev–Trinajstić information content (AvgIpc) is 2.41. The van der Waals surface area contributed by atoms with Crippen LogP contribution in [0.2, 0.25) is 0 Å². The number of hydrogen-bond donors (Lipinski definition) is 1. The predicted octanol–water partition coefficient (Wildman–Crippen LogP) is 2.49. The highest BCUT2D eigenvalue weighted by Crippen LogP contribution is 2.62. The van der Waals surface area contributed by atoms with Gasteiger partial charge in [-0.15, -0.1) is 0 Å². The van der Waals surface area contributed by atoms with E-state index in [9.17, 15) is 9.59 Å². The summed E-state index contributed by atoms with van der Waals surface area (Å²) in [7, 11) is 0. The third-order valence-electron chi connectivity index (χ3n) is 6.81. The molecule has 4 bridgehead atoms. The molecule has 2 amide bonds. The van der Waals surface area contributed by atoms with Gasteiger partial charge in [0.1, 0.15) is 0 Å². The molecule has 25 heavy (non-hydrogen) atoms. The molecule has 0 radical (unpaired) electrons. The second kappa shape index (κ2) is 5.45. The van der Waals surface area contributed by atoms with Crippen LogP contribution in [0.3, 0.4) is 0 Å². The Balaban J connectivity index is 1.61. The van der Waals surface area contributed by atoms with Gasteiger partial charge in [0, 0.05) is 25.6 Å². The van der Waals surface area contributed by atoms with Gasteiger partial charge >= 0.3 is 0 Å². The lowest BCUT2D eigenvalue weighted by molar-refractivity contribution is -0.181. The minimum absolute atomic E-state index is 0.0469. The molecule has 5 nitrogen and oxygen atoms in total. The van der Waals surface area contributed by atoms with Crippen molar-refractivity contribution in [1.82, 2.24) is 10.2 Å². The topological polar surface area (TPSA) is 58.6 Å². The molecular weight excluding hydrogens is 316 g/mol. The third-order valence-corrected chi connectivity index (χ3v) is 6.81. The Morgan fingerprint density at radius 2 is 1.76 bits per heavy atom. The summed E-state index contributed by atoms with van der Waals surface area (Å²) in [4.78, 5) is 27.5. The van der Waals surface area contributed by atoms with Crippen molar-refractivity contribution < 1.29 is 14.3 Å². The highest BCUT2D eigenvalue weighted by atomic mass is 16.5. The second-order valence-corrected chi connectivity index (χ2v) is 10.1. The van der Waals surface area contributed by atoms with Gasteiger partial charge in [0.2, 0.25) is 11.8 Å². The molecule has 0 aromatic heterocycles. The van der Waals surface area contributed by atoms with Crippen LogP contribution in [0.15, 0.2) is 0 Å². The van der Waals surface area contributed by atoms with E-state index in [4.69, 9.17) is 4.74 Å². The van der Waals surface area contributed by atoms with Crippen LogP contribution in [0.1, 0.15) is 66.2 Å². The van der Waals surface area contributed by atoms with Crippen LogP contribution in [0, 0.1) is 17.3 Å². The van der Waals surface area contributed by atoms with Gasteiger partial charge in [-0.05, 0) is 71.1 Å². The Bertz CT molecular complexity index is 586. The molecule has 5 atom stereocenters. The van der Waals surface area contributed by atoms with Gasteiger partial charge in [-0.2, -0.15) is 0 Å². The highest BCUT2D eigenvalue weighted by Gasteiger charge is 2.61. The first kappa shape index (κ1) is 17.3. The fraction of sp³-hybridized carbons (Fsp3) is 0.900. The number of morpholine rings is 1. The van der Waals surface area contributed by atoms with Crippen molar-refractivity contribution in [2.45, 2.75) is 83.5 Å². The van der Waals surface area contributed by atoms with E-state index in [0.717, 1.165) is 32.1 Å². The Labute approximate surface area is 150 Å². The Morgan fingerprint density at radius 1 is 1.12 bits per heavy atom. The van der Waals surface area contributed by atoms with Gasteiger partial charge in [0.05, 0.1) is 17.1 Å². The van der Waals surface area contributed by atoms with Gasteiger partial charge in [0.25, 0.3) is 0 Å². The molecule has 0 aromatic rings. The fourth-order valence-electron chi connectivity index (χ4n) is 6.98. The van der Waals surface area contributed by atoms with Crippen molar-refractivity contribution in [3.05, 3.63) is 0 Å². The molecule has 1 N–H and O–H groups in total. The number of nitrogens with zero attached hydrogens (tertiary/aromatic N) is 1. The SMILES string of the molecule is CC(=O)NC12C[C@H]3C[C@@H](C1)CC(C(=O)N1C[C@H](C)OC(C)(C)C1)(C3)C2. The number of nitrogens with one attached hydrogen (secondary N) is 1. The van der Waals surface area contributed by atoms with E-state index < -0.39 is 0 Å². The molecular formula is C20H32N2O3. The Kier molecular flexibility index (Phi) is 3.77. The zero-order chi connectivity index (χ0) is 18.0. The van der Waals surface area contributed by atoms with E-state index in [1.54, 1.807) is 6.92 Å². The lowest BCUT2D eigenvalue weighted by atomic mass is 9.46. The average molecular weight is 348 g/mol. The minimum atomic E-state index is -0.287. The maximum Gasteiger partial charge on any atom is 0.229 e. The quantitative estimate of drug-likeness (QED) is 0.834. The van der Waals surface area contributed by atoms with Crippen molar-refractivity contribution in [2.75, 3.05) is 13.1 Å². The highest BCUT2D eigenvalue weighted by molar-refractivity contribution is 5.84. The lowest BCUT2D eigenvalue weighted by Crippen LogP contribution is -2.67. The molecule has 140 valence electrons. The summed E-state index contributed by atoms with van der Waals surface area (Å²) in [6.07, 6.45) is 6.28. The third kappa shape index (κ3) is 2.98. The summed E-state index contributed by atoms with van der Waals surface area (Å²) in [5, 5.41) is 3.26. The molecule has 5 heteroatoms. The molecule has 0 spiro atoms. The van der Waals surface area contributed by atoms with Crippen LogP contribution in [-0.2, 0) is 14.3 Å². The van der Waals surface area contributed by atoms with Crippen molar-refractivity contribution in [3.63, 3.8) is 0 Å². The number of carbonyl (C=O) groups excluding carboxylic acids is 2. The van der Waals surface area contributed by atoms with Crippen LogP contribution in [0.5, 0.6) is 0 Å². The smallest absolute Gasteiger partial charge is 0.229 e. The van der Waals surface area contributed by atoms with Crippen molar-refractivity contribution in [2.24, 2.45) is 17.3 Å². The normalized spacial score (nSPS) is 44.6. The summed E-state index contributed by atoms with van der Waals surface area (Å²) in [5.41, 5.74) is -0.691. The van der Waals surface area contributed by atoms with E-state index in [-0.39, 0.29) is 28.6 Å². The molecule has 1 heterocycles. The molecule has 4 saturated carbocycles. The van der Waals surface area contributed by atoms with Gasteiger partial charge in [-0.3, -0.25) is 9.59 Å². The maximum absolute atomic E-state index is 13.7. The number of rotatable bonds is 2. The van der Waals surface area contributed by atoms with Crippen LogP contribution in [0.4, 0.5) is 0 Å². The van der Waals surface area contributed by atoms with E-state index in [0.29, 0.717) is 30.8 Å². The van der Waals surface area contributed by atoms with Crippen molar-refractivity contribution >= 4 is 11.8 Å². The summed E-state index contributed by atoms with van der Waals surface area (Å²) in [5.74, 6) is 1.54. The molecule has 5 aliphatic rings. The maximum atomic E-state index is 13.7. The standard InChI is InChI=1S/C20H32N2O3/c1-13-10-22(12-18(3,4)25-13)17(24)19-6-15-5-16(7-19)9-20(8-15,11-19)21-14(2)23/h13,15-16H,5-12H2,1-4H3,(H,21,23)/t13-,15-,16+,19?,20?/m0/s1. The van der Waals surface area contributed by atoms with Crippen LogP contribution < -0.4 is 5.32 Å². The molecule has 2 unspecified atom stereocenters. The van der Waals surface area contributed by atoms with Gasteiger partial charge in [0.15, 0.2) is 0 Å². The van der Waals surface area contributed by atoms with E-state index in [1.807, 2.05) is 0 Å². The molecule has 1 aliphatic heterocycles. The van der Waals surface area contributed by atoms with E-state index in [1.165, 1.54) is 6.42 Å². The second-order valence-electron chi connectivity index (χ2n) is 10.1. The molecule has 0 aromatic carbocycles. The first-order valence-electron chi connectivity index (χ1n) is 9.86. The van der Waals surface area contributed by atoms with Crippen LogP contribution >= 0.6 is 0 Å². The fourth-order valence-corrected chi connectivity index (χ4v) is 6.98. The molecule has 1 saturated heterocycles. The first-order chi connectivity index (χ1) is 11.6. The number of hydrogen-bond acceptors (Lipinski definition) is 3. The Hall–Kier alpha value is -1.10. The van der Waals surface area contributed by atoms with Gasteiger partial charge in [-0.25, -0.2) is 0 Å². The number of amides is 2. The summed E-state index contributed by atoms with van der Waals surface area (Å²) in [6.45, 7) is 9.16. The first-order valence-corrected chi connectivity index (χ1v) is 9.86. The van der Waals surface area contributed by atoms with Gasteiger partial charge < -0.3 is 15.0 Å². The molecule has 4 aliphatic carbocycles. The lowest BCUT2D eigenvalue weighted by Gasteiger charge is -2.62. The summed E-state index contributed by atoms with van der Waals surface area (Å²) < 4.78 is 5.99. The molecule has 5 rings (SSSR count). The molecule has 5 fully saturated rings. The minimum Gasteiger partial charge on any atom is -0.369 e. The van der Waals surface area contributed by atoms with E-state index >= 15 is 0 Å². The van der Waals surface area contributed by atoms with Crippen LogP contribution in [-0.4, -0.2) is 47.0 Å². The number of carbonyl (C=O) groups is 2. The van der Waals surface area contributed by atoms with Crippen molar-refractivity contribution in [1.29, 1.82) is 0 Å². The van der Waals surface area contributed by atoms with Crippen molar-refractivity contribution in [3.8, 4) is 0 Å². The van der Waals surface area contributed by atoms with Gasteiger partial charge in [-0.1, -0.05) is 0 Å². The predicted molar refractivity (Wildman–Crippen MR) is 94.9 cm³/mol. The van der Waals surface area contributed by atoms with E-state index in [2.05, 4.69) is 31.0 Å². The zero-order valence-electron chi connectivity index (χ0n) is 16.1. The zero-order valence-corrected chi connectivity index (χ0v) is 16.1. The van der Waals surface area contributed by atoms with Crippen LogP contribution in [0.25, 0.3) is 0 Å². The largest absolute Gasteiger partial charge is 0.369 e. The number of ether oxygens (including phenoxy) is 1. The summed E-state index contributed by atoms with van der Waals surface area (Å²) >= 11 is 0. The monoisotopic (exact) mass is 348 g/mol.